The fourth-order valence-corrected chi connectivity index (χ4v) is 14.9. The molecule has 5 N–H and O–H groups in total. The number of allylic oxidation sites excluding steroid dienone is 10. The molecule has 0 aliphatic rings. The molecule has 709 valence electrons. The Morgan fingerprint density at radius 3 is 1.26 bits per heavy atom. The molecule has 13 aromatic carbocycles. The molecule has 0 bridgehead atoms. The predicted molar refractivity (Wildman–Crippen MR) is 536 cm³/mol. The number of aromatic nitrogens is 5. The van der Waals surface area contributed by atoms with E-state index in [1.807, 2.05) is 165 Å². The number of pyridine rings is 2. The minimum absolute atomic E-state index is 0. The molecule has 26 heteroatoms. The summed E-state index contributed by atoms with van der Waals surface area (Å²) in [6.45, 7) is 14.2. The first-order valence-electron chi connectivity index (χ1n) is 41.4. The summed E-state index contributed by atoms with van der Waals surface area (Å²) < 4.78 is 13.4. The van der Waals surface area contributed by atoms with Gasteiger partial charge >= 0.3 is 0 Å². The number of para-hydroxylation sites is 4. The predicted octanol–water partition coefficient (Wildman–Crippen LogP) is 27.0. The van der Waals surface area contributed by atoms with Crippen molar-refractivity contribution in [3.63, 3.8) is 0 Å². The van der Waals surface area contributed by atoms with Crippen molar-refractivity contribution in [2.45, 2.75) is 69.2 Å². The molecule has 0 unspecified atom stereocenters. The van der Waals surface area contributed by atoms with Gasteiger partial charge in [0.05, 0.1) is 55.9 Å². The summed E-state index contributed by atoms with van der Waals surface area (Å²) in [7, 11) is 3.89. The summed E-state index contributed by atoms with van der Waals surface area (Å²) in [6, 6.07) is 112. The van der Waals surface area contributed by atoms with Crippen LogP contribution in [0, 0.1) is 30.3 Å². The number of carbonyl (C=O) groups excluding carboxylic acids is 5. The van der Waals surface area contributed by atoms with E-state index >= 15 is 0 Å². The minimum Gasteiger partial charge on any atom is -0.512 e. The number of fused-ring (bicyclic) bond motifs is 9. The van der Waals surface area contributed by atoms with Crippen LogP contribution in [0.3, 0.4) is 0 Å². The van der Waals surface area contributed by atoms with Gasteiger partial charge in [0.2, 0.25) is 0 Å². The Bertz CT molecular complexity index is 7070. The van der Waals surface area contributed by atoms with Crippen LogP contribution in [-0.2, 0) is 124 Å². The molecule has 19 nitrogen and oxygen atoms in total. The second-order valence-electron chi connectivity index (χ2n) is 29.8. The Morgan fingerprint density at radius 1 is 0.358 bits per heavy atom. The first kappa shape index (κ1) is 115. The molecule has 137 heavy (non-hydrogen) atoms. The summed E-state index contributed by atoms with van der Waals surface area (Å²) in [4.78, 5) is 87.2. The molecule has 0 atom stereocenters. The fourth-order valence-electron chi connectivity index (χ4n) is 12.9. The molecule has 5 radical (unpaired) electrons. The van der Waals surface area contributed by atoms with Crippen molar-refractivity contribution >= 4 is 154 Å². The zero-order chi connectivity index (χ0) is 94.8. The van der Waals surface area contributed by atoms with Crippen molar-refractivity contribution in [2.24, 2.45) is 0 Å². The minimum atomic E-state index is -0.410. The summed E-state index contributed by atoms with van der Waals surface area (Å²) >= 11 is 3.19. The van der Waals surface area contributed by atoms with Crippen molar-refractivity contribution in [3.05, 3.63) is 397 Å². The maximum atomic E-state index is 12.3. The molecule has 6 heterocycles. The zero-order valence-corrected chi connectivity index (χ0v) is 90.0. The van der Waals surface area contributed by atoms with Gasteiger partial charge in [-0.3, -0.25) is 43.7 Å². The van der Waals surface area contributed by atoms with E-state index in [1.54, 1.807) is 11.3 Å². The number of hydrogen-bond donors (Lipinski definition) is 5. The topological polar surface area (TPSA) is 298 Å². The van der Waals surface area contributed by atoms with Gasteiger partial charge in [-0.25, -0.2) is 0 Å². The quantitative estimate of drug-likeness (QED) is 0.0348. The van der Waals surface area contributed by atoms with E-state index in [4.69, 9.17) is 39.4 Å². The average Bonchev–Trinajstić information content (AvgIpc) is 1.78. The largest absolute Gasteiger partial charge is 0.512 e. The molecular weight excluding hydrogens is 2650 g/mol. The van der Waals surface area contributed by atoms with Crippen molar-refractivity contribution in [1.82, 2.24) is 24.9 Å². The van der Waals surface area contributed by atoms with E-state index in [9.17, 15) is 28.8 Å². The number of rotatable bonds is 11. The first-order chi connectivity index (χ1) is 63.4. The molecule has 0 saturated carbocycles. The smallest absolute Gasteiger partial charge is 0.269 e. The number of benzene rings is 13. The van der Waals surface area contributed by atoms with Crippen LogP contribution in [0.5, 0.6) is 0 Å². The van der Waals surface area contributed by atoms with Crippen molar-refractivity contribution in [2.75, 3.05) is 19.0 Å². The van der Waals surface area contributed by atoms with Gasteiger partial charge in [0, 0.05) is 177 Å². The van der Waals surface area contributed by atoms with Crippen LogP contribution in [-0.4, -0.2) is 93.5 Å². The van der Waals surface area contributed by atoms with Gasteiger partial charge in [0.25, 0.3) is 5.63 Å². The third-order valence-corrected chi connectivity index (χ3v) is 20.5. The Morgan fingerprint density at radius 2 is 0.781 bits per heavy atom. The maximum Gasteiger partial charge on any atom is 0.269 e. The molecular formula is C111H95Ir5N6O13S2-5. The van der Waals surface area contributed by atoms with Crippen molar-refractivity contribution < 1.29 is 159 Å². The Balaban J connectivity index is 0.000000277. The van der Waals surface area contributed by atoms with E-state index in [-0.39, 0.29) is 158 Å². The number of nitrogens with zero attached hydrogens (tertiary/aromatic N) is 6. The number of aliphatic hydroxyl groups is 5. The van der Waals surface area contributed by atoms with Crippen LogP contribution in [0.15, 0.2) is 370 Å². The third kappa shape index (κ3) is 35.9. The summed E-state index contributed by atoms with van der Waals surface area (Å²) in [5.41, 5.74) is 11.2. The number of anilines is 1. The number of carbonyl (C=O) groups is 5. The van der Waals surface area contributed by atoms with E-state index in [0.29, 0.717) is 22.0 Å². The summed E-state index contributed by atoms with van der Waals surface area (Å²) in [5.74, 6) is 0.310. The number of hydrogen-bond acceptors (Lipinski definition) is 21. The standard InChI is InChI=1S/2C19H12N.C18H13N2O2S.C17H10NS.C13H8NO.5C5H8O2.5Ir/c1-2-8-16-13-20-19(12-15(16)7-1)18-11-5-9-14-6-3-4-10-17(14)18;1-2-7-16-13-17(10-9-14(16)5-1)19-18-8-4-3-6-15(18)11-12-20-19;1-20(2)12-8-7-11-9-13(18(21)22-15(11)10-12)17-19-14-5-3-4-6-16(14)23-17;1-2-8-13-12(6-1)7-5-9-14(13)17-18-15-10-3-4-11-16(15)19-17;1-2-6-10(7-3-1)13-14-11-8-4-5-9-12(11)15-13;5*1-4(6)3-5(2)7;;;;;/h1-10,12-13H;1-9,11-13H;3-8,10H,1-2H3;1-8,10-11H;1-6,8-9H;5*3,6H,1-2H3;;;;;/q5*-1;;;;;;;;;;. The second kappa shape index (κ2) is 57.8. The fraction of sp³-hybridized carbons (Fsp3) is 0.108. The molecule has 0 aliphatic carbocycles. The van der Waals surface area contributed by atoms with Crippen LogP contribution >= 0.6 is 22.7 Å². The van der Waals surface area contributed by atoms with Gasteiger partial charge < -0.3 is 49.2 Å². The number of ketones is 5. The van der Waals surface area contributed by atoms with Crippen LogP contribution in [0.1, 0.15) is 69.2 Å². The first-order valence-corrected chi connectivity index (χ1v) is 43.1. The van der Waals surface area contributed by atoms with Gasteiger partial charge in [-0.15, -0.1) is 130 Å². The van der Waals surface area contributed by atoms with E-state index in [1.165, 1.54) is 164 Å². The monoisotopic (exact) mass is 2750 g/mol. The maximum absolute atomic E-state index is 12.3. The van der Waals surface area contributed by atoms with E-state index < -0.39 is 5.63 Å². The molecule has 0 fully saturated rings. The number of thiazole rings is 2. The Labute approximate surface area is 870 Å². The van der Waals surface area contributed by atoms with Crippen LogP contribution < -0.4 is 10.5 Å². The number of aliphatic hydroxyl groups excluding tert-OH is 5. The van der Waals surface area contributed by atoms with Crippen LogP contribution in [0.25, 0.3) is 151 Å². The van der Waals surface area contributed by atoms with Crippen LogP contribution in [0.2, 0.25) is 0 Å². The van der Waals surface area contributed by atoms with Gasteiger partial charge in [-0.1, -0.05) is 197 Å². The molecule has 6 aromatic heterocycles. The second-order valence-corrected chi connectivity index (χ2v) is 31.9. The molecule has 19 aromatic rings. The van der Waals surface area contributed by atoms with E-state index in [0.717, 1.165) is 81.9 Å². The van der Waals surface area contributed by atoms with Crippen molar-refractivity contribution in [3.8, 4) is 55.1 Å². The van der Waals surface area contributed by atoms with Gasteiger partial charge in [-0.05, 0) is 156 Å². The molecule has 0 amide bonds. The zero-order valence-electron chi connectivity index (χ0n) is 76.3. The molecule has 0 aliphatic heterocycles. The van der Waals surface area contributed by atoms with Gasteiger partial charge in [0.1, 0.15) is 11.5 Å². The molecule has 0 saturated heterocycles. The van der Waals surface area contributed by atoms with Gasteiger partial charge in [0.15, 0.2) is 28.9 Å². The number of oxazole rings is 1. The van der Waals surface area contributed by atoms with Gasteiger partial charge in [-0.2, -0.15) is 22.7 Å². The SMILES string of the molecule is CC(=O)C=C(C)O.CC(=O)C=C(C)O.CC(=O)C=C(C)O.CC(=O)C=C(C)O.CC(=O)C=C(C)O.CN(C)c1ccc2[c-]c(-c3nc4ccccc4s3)c(=O)oc2c1.[Ir].[Ir].[Ir].[Ir].[Ir].[c-]1cc2ccccc2cc1-c1nccc2ccccc12.[c-]1ccc2ccccc2c1-c1cc2ccccc2cn1.[c-]1ccc2ccccc2c1-c1nc2ccccc2s1.[c-]1ccccc1-c1nc2ccccc2o1. The normalized spacial score (nSPS) is 10.7. The van der Waals surface area contributed by atoms with Crippen molar-refractivity contribution in [1.29, 1.82) is 0 Å². The Kier molecular flexibility index (Phi) is 48.3. The summed E-state index contributed by atoms with van der Waals surface area (Å²) in [6.07, 6.45) is 9.63. The van der Waals surface area contributed by atoms with E-state index in [2.05, 4.69) is 202 Å². The third-order valence-electron chi connectivity index (χ3n) is 18.4. The van der Waals surface area contributed by atoms with Crippen LogP contribution in [0.4, 0.5) is 5.69 Å². The molecule has 19 rings (SSSR count). The average molecular weight is 2750 g/mol. The molecule has 0 spiro atoms. The summed E-state index contributed by atoms with van der Waals surface area (Å²) in [5, 5.41) is 56.3. The Hall–Kier alpha value is -13.0.